The predicted octanol–water partition coefficient (Wildman–Crippen LogP) is 4.71. The van der Waals surface area contributed by atoms with E-state index in [4.69, 9.17) is 11.6 Å². The van der Waals surface area contributed by atoms with Crippen LogP contribution in [-0.2, 0) is 18.3 Å². The van der Waals surface area contributed by atoms with E-state index in [1.165, 1.54) is 0 Å². The van der Waals surface area contributed by atoms with Gasteiger partial charge in [0.2, 0.25) is 5.91 Å². The summed E-state index contributed by atoms with van der Waals surface area (Å²) >= 11 is 9.20. The van der Waals surface area contributed by atoms with Gasteiger partial charge in [-0.3, -0.25) is 4.79 Å². The van der Waals surface area contributed by atoms with Gasteiger partial charge in [0.15, 0.2) is 0 Å². The summed E-state index contributed by atoms with van der Waals surface area (Å²) in [6, 6.07) is 9.10. The molecule has 0 saturated heterocycles. The number of nitrogens with one attached hydrogen (secondary N) is 1. The molecule has 0 unspecified atom stereocenters. The van der Waals surface area contributed by atoms with Crippen LogP contribution in [0.3, 0.4) is 0 Å². The van der Waals surface area contributed by atoms with E-state index in [2.05, 4.69) is 20.7 Å². The number of benzene rings is 1. The van der Waals surface area contributed by atoms with Crippen LogP contribution in [0.5, 0.6) is 0 Å². The van der Waals surface area contributed by atoms with Crippen molar-refractivity contribution in [3.63, 3.8) is 0 Å². The number of aryl methyl sites for hydroxylation is 1. The van der Waals surface area contributed by atoms with Crippen LogP contribution in [-0.4, -0.2) is 20.4 Å². The van der Waals surface area contributed by atoms with Crippen molar-refractivity contribution < 1.29 is 4.79 Å². The van der Waals surface area contributed by atoms with Gasteiger partial charge in [0.25, 0.3) is 0 Å². The van der Waals surface area contributed by atoms with Crippen molar-refractivity contribution >= 4 is 40.2 Å². The molecule has 0 spiro atoms. The molecule has 28 heavy (non-hydrogen) atoms. The molecule has 1 amide bonds. The molecule has 1 N–H and O–H groups in total. The number of nitrogens with zero attached hydrogens (tertiary/aromatic N) is 3. The van der Waals surface area contributed by atoms with E-state index in [1.807, 2.05) is 58.9 Å². The van der Waals surface area contributed by atoms with Gasteiger partial charge in [-0.05, 0) is 29.1 Å². The summed E-state index contributed by atoms with van der Waals surface area (Å²) in [7, 11) is 1.91. The van der Waals surface area contributed by atoms with Crippen LogP contribution in [0.1, 0.15) is 23.1 Å². The Hall–Kier alpha value is -2.48. The number of imidazole rings is 1. The average Bonchev–Trinajstić information content (AvgIpc) is 3.42. The fraction of sp³-hybridized carbons (Fsp3) is 0.150. The van der Waals surface area contributed by atoms with Gasteiger partial charge in [-0.2, -0.15) is 11.3 Å². The molecule has 3 aromatic heterocycles. The number of carbonyl (C=O) groups excluding carboxylic acids is 1. The molecular formula is C20H17ClN4OS2. The number of amides is 1. The molecule has 0 aliphatic rings. The maximum Gasteiger partial charge on any atom is 0.226 e. The van der Waals surface area contributed by atoms with Gasteiger partial charge in [-0.15, -0.1) is 11.3 Å². The lowest BCUT2D eigenvalue weighted by molar-refractivity contribution is -0.121. The molecule has 0 aliphatic heterocycles. The van der Waals surface area contributed by atoms with Crippen LogP contribution in [0.15, 0.2) is 58.9 Å². The standard InChI is InChI=1S/C20H17ClN4OS2/c1-25-8-7-22-19(25)18(13-2-4-15(21)5-3-13)24-17(26)10-16-12-28-20(23-16)14-6-9-27-11-14/h2-9,11-12,18H,10H2,1H3,(H,24,26)/t18-/m1/s1. The Morgan fingerprint density at radius 3 is 2.75 bits per heavy atom. The summed E-state index contributed by atoms with van der Waals surface area (Å²) in [5.74, 6) is 0.651. The number of hydrogen-bond acceptors (Lipinski definition) is 5. The number of aromatic nitrogens is 3. The van der Waals surface area contributed by atoms with E-state index in [0.29, 0.717) is 5.02 Å². The lowest BCUT2D eigenvalue weighted by atomic mass is 10.1. The van der Waals surface area contributed by atoms with E-state index in [-0.39, 0.29) is 18.4 Å². The quantitative estimate of drug-likeness (QED) is 0.484. The summed E-state index contributed by atoms with van der Waals surface area (Å²) < 4.78 is 1.90. The van der Waals surface area contributed by atoms with E-state index < -0.39 is 0 Å². The molecule has 0 fully saturated rings. The normalized spacial score (nSPS) is 12.1. The third-order valence-electron chi connectivity index (χ3n) is 4.29. The molecule has 142 valence electrons. The predicted molar refractivity (Wildman–Crippen MR) is 114 cm³/mol. The van der Waals surface area contributed by atoms with Gasteiger partial charge in [-0.25, -0.2) is 9.97 Å². The van der Waals surface area contributed by atoms with Crippen LogP contribution < -0.4 is 5.32 Å². The zero-order valence-corrected chi connectivity index (χ0v) is 17.4. The lowest BCUT2D eigenvalue weighted by Crippen LogP contribution is -2.32. The summed E-state index contributed by atoms with van der Waals surface area (Å²) in [5.41, 5.74) is 2.77. The lowest BCUT2D eigenvalue weighted by Gasteiger charge is -2.19. The molecule has 8 heteroatoms. The van der Waals surface area contributed by atoms with Gasteiger partial charge < -0.3 is 9.88 Å². The van der Waals surface area contributed by atoms with Gasteiger partial charge in [0.05, 0.1) is 12.1 Å². The molecule has 0 aliphatic carbocycles. The van der Waals surface area contributed by atoms with Crippen LogP contribution >= 0.6 is 34.3 Å². The van der Waals surface area contributed by atoms with Gasteiger partial charge >= 0.3 is 0 Å². The largest absolute Gasteiger partial charge is 0.342 e. The Balaban J connectivity index is 1.52. The highest BCUT2D eigenvalue weighted by molar-refractivity contribution is 7.14. The number of thiazole rings is 1. The average molecular weight is 429 g/mol. The van der Waals surface area contributed by atoms with E-state index in [9.17, 15) is 4.79 Å². The monoisotopic (exact) mass is 428 g/mol. The summed E-state index contributed by atoms with van der Waals surface area (Å²) in [6.07, 6.45) is 3.80. The van der Waals surface area contributed by atoms with Gasteiger partial charge in [0, 0.05) is 40.8 Å². The second-order valence-corrected chi connectivity index (χ2v) is 8.36. The second kappa shape index (κ2) is 8.26. The number of hydrogen-bond donors (Lipinski definition) is 1. The Kier molecular flexibility index (Phi) is 5.57. The minimum atomic E-state index is -0.361. The van der Waals surface area contributed by atoms with Crippen molar-refractivity contribution in [1.29, 1.82) is 0 Å². The first-order valence-corrected chi connectivity index (χ1v) is 10.8. The van der Waals surface area contributed by atoms with E-state index in [0.717, 1.165) is 27.7 Å². The van der Waals surface area contributed by atoms with Crippen molar-refractivity contribution in [3.8, 4) is 10.6 Å². The molecule has 0 bridgehead atoms. The highest BCUT2D eigenvalue weighted by Gasteiger charge is 2.21. The third-order valence-corrected chi connectivity index (χ3v) is 6.16. The Bertz CT molecular complexity index is 1070. The van der Waals surface area contributed by atoms with Crippen molar-refractivity contribution in [2.24, 2.45) is 7.05 Å². The van der Waals surface area contributed by atoms with Crippen molar-refractivity contribution in [1.82, 2.24) is 19.9 Å². The summed E-state index contributed by atoms with van der Waals surface area (Å²) in [5, 5.41) is 10.7. The van der Waals surface area contributed by atoms with Crippen molar-refractivity contribution in [2.45, 2.75) is 12.5 Å². The maximum absolute atomic E-state index is 12.8. The topological polar surface area (TPSA) is 59.8 Å². The van der Waals surface area contributed by atoms with E-state index in [1.54, 1.807) is 28.9 Å². The van der Waals surface area contributed by atoms with Gasteiger partial charge in [0.1, 0.15) is 16.9 Å². The second-order valence-electron chi connectivity index (χ2n) is 6.28. The molecular weight excluding hydrogens is 412 g/mol. The molecule has 0 radical (unpaired) electrons. The fourth-order valence-corrected chi connectivity index (χ4v) is 4.55. The van der Waals surface area contributed by atoms with Crippen LogP contribution in [0.2, 0.25) is 5.02 Å². The van der Waals surface area contributed by atoms with Crippen LogP contribution in [0, 0.1) is 0 Å². The Morgan fingerprint density at radius 1 is 1.25 bits per heavy atom. The number of rotatable bonds is 6. The highest BCUT2D eigenvalue weighted by Crippen LogP contribution is 2.26. The first kappa shape index (κ1) is 18.9. The van der Waals surface area contributed by atoms with Crippen LogP contribution in [0.4, 0.5) is 0 Å². The smallest absolute Gasteiger partial charge is 0.226 e. The molecule has 1 atom stereocenters. The molecule has 4 aromatic rings. The number of halogens is 1. The molecule has 0 saturated carbocycles. The maximum atomic E-state index is 12.8. The fourth-order valence-electron chi connectivity index (χ4n) is 2.89. The zero-order valence-electron chi connectivity index (χ0n) is 15.0. The number of thiophene rings is 1. The highest BCUT2D eigenvalue weighted by atomic mass is 35.5. The van der Waals surface area contributed by atoms with E-state index >= 15 is 0 Å². The van der Waals surface area contributed by atoms with Crippen LogP contribution in [0.25, 0.3) is 10.6 Å². The molecule has 5 nitrogen and oxygen atoms in total. The van der Waals surface area contributed by atoms with Crippen molar-refractivity contribution in [2.75, 3.05) is 0 Å². The Morgan fingerprint density at radius 2 is 2.07 bits per heavy atom. The SMILES string of the molecule is Cn1ccnc1[C@H](NC(=O)Cc1csc(-c2ccsc2)n1)c1ccc(Cl)cc1. The van der Waals surface area contributed by atoms with Gasteiger partial charge in [-0.1, -0.05) is 23.7 Å². The first-order chi connectivity index (χ1) is 13.6. The third kappa shape index (κ3) is 4.16. The molecule has 4 rings (SSSR count). The zero-order chi connectivity index (χ0) is 19.5. The minimum Gasteiger partial charge on any atom is -0.342 e. The summed E-state index contributed by atoms with van der Waals surface area (Å²) in [6.45, 7) is 0. The minimum absolute atomic E-state index is 0.106. The number of carbonyl (C=O) groups is 1. The van der Waals surface area contributed by atoms with Crippen molar-refractivity contribution in [3.05, 3.63) is 81.0 Å². The Labute approximate surface area is 175 Å². The molecule has 1 aromatic carbocycles. The summed E-state index contributed by atoms with van der Waals surface area (Å²) in [4.78, 5) is 21.8. The molecule has 3 heterocycles. The first-order valence-electron chi connectivity index (χ1n) is 8.59.